The van der Waals surface area contributed by atoms with Crippen LogP contribution in [0.4, 0.5) is 13.6 Å². The fraction of sp³-hybridized carbons (Fsp3) is 0.143. The summed E-state index contributed by atoms with van der Waals surface area (Å²) in [6.45, 7) is -2.79. The third kappa shape index (κ3) is 17.8. The number of hydrogen-bond acceptors (Lipinski definition) is 5. The van der Waals surface area contributed by atoms with E-state index in [-0.39, 0.29) is 109 Å². The van der Waals surface area contributed by atoms with Crippen LogP contribution in [-0.2, 0) is 0 Å². The molecule has 0 aliphatic rings. The second-order valence-corrected chi connectivity index (χ2v) is 2.76. The molecule has 84 valence electrons. The Hall–Kier alpha value is 1.83. The van der Waals surface area contributed by atoms with Gasteiger partial charge in [-0.1, -0.05) is 0 Å². The molecule has 0 N–H and O–H groups in total. The first-order valence-electron chi connectivity index (χ1n) is 3.36. The van der Waals surface area contributed by atoms with Gasteiger partial charge in [-0.2, -0.15) is 8.78 Å². The van der Waals surface area contributed by atoms with Crippen LogP contribution in [0.25, 0.3) is 0 Å². The van der Waals surface area contributed by atoms with Crippen molar-refractivity contribution in [2.75, 3.05) is 0 Å². The van der Waals surface area contributed by atoms with Crippen molar-refractivity contribution in [1.29, 1.82) is 0 Å². The fourth-order valence-electron chi connectivity index (χ4n) is 0.535. The van der Waals surface area contributed by atoms with Gasteiger partial charge in [0, 0.05) is 0 Å². The molecule has 0 fully saturated rings. The summed E-state index contributed by atoms with van der Waals surface area (Å²) in [6, 6.07) is 2.93. The van der Waals surface area contributed by atoms with Crippen LogP contribution in [0.3, 0.4) is 0 Å². The molecule has 0 amide bonds. The molecule has 0 aliphatic carbocycles. The second kappa shape index (κ2) is 14.2. The molecule has 0 spiro atoms. The molecule has 1 aromatic rings. The molecule has 5 nitrogen and oxygen atoms in total. The molecular weight excluding hydrogens is 358 g/mol. The first-order chi connectivity index (χ1) is 6.91. The van der Waals surface area contributed by atoms with Gasteiger partial charge in [0.1, 0.15) is 10.4 Å². The number of ether oxygens (including phenoxy) is 1. The third-order valence-corrected chi connectivity index (χ3v) is 1.39. The van der Waals surface area contributed by atoms with E-state index >= 15 is 0 Å². The van der Waals surface area contributed by atoms with E-state index in [1.165, 1.54) is 18.3 Å². The van der Waals surface area contributed by atoms with E-state index in [0.717, 1.165) is 0 Å². The first kappa shape index (κ1) is 23.9. The van der Waals surface area contributed by atoms with Crippen LogP contribution in [0.15, 0.2) is 22.9 Å². The number of pyridine rings is 1. The largest absolute Gasteiger partial charge is 1.00 e. The Morgan fingerprint density at radius 1 is 1.35 bits per heavy atom. The van der Waals surface area contributed by atoms with Crippen molar-refractivity contribution in [1.82, 2.24) is 4.98 Å². The van der Waals surface area contributed by atoms with Gasteiger partial charge in [0.2, 0.25) is 0 Å². The van der Waals surface area contributed by atoms with Gasteiger partial charge in [-0.05, 0) is 34.2 Å². The Morgan fingerprint density at radius 2 is 1.82 bits per heavy atom. The van der Waals surface area contributed by atoms with Crippen LogP contribution < -0.4 is 118 Å². The smallest absolute Gasteiger partial charge is 0.652 e. The number of aromatic nitrogens is 1. The number of alkyl halides is 2. The number of hydrogen-bond donors (Lipinski definition) is 0. The van der Waals surface area contributed by atoms with E-state index in [1.807, 2.05) is 0 Å². The zero-order valence-corrected chi connectivity index (χ0v) is 16.9. The van der Waals surface area contributed by atoms with Crippen LogP contribution in [0.2, 0.25) is 0 Å². The minimum absolute atomic E-state index is 0. The summed E-state index contributed by atoms with van der Waals surface area (Å²) in [5, 5.41) is 16.7. The molecule has 0 unspecified atom stereocenters. The SMILES string of the molecule is FC(F)Oc1ccc(Br)nc1.O=C([O-])[O-].[K+].[K+]. The third-order valence-electron chi connectivity index (χ3n) is 0.925. The molecule has 0 saturated carbocycles. The summed E-state index contributed by atoms with van der Waals surface area (Å²) in [5.41, 5.74) is 0. The van der Waals surface area contributed by atoms with E-state index in [9.17, 15) is 8.78 Å². The van der Waals surface area contributed by atoms with Gasteiger partial charge in [-0.3, -0.25) is 0 Å². The van der Waals surface area contributed by atoms with Gasteiger partial charge in [-0.15, -0.1) is 0 Å². The maximum atomic E-state index is 11.6. The zero-order chi connectivity index (χ0) is 11.8. The van der Waals surface area contributed by atoms with E-state index in [1.54, 1.807) is 0 Å². The predicted octanol–water partition coefficient (Wildman–Crippen LogP) is -5.99. The number of rotatable bonds is 2. The van der Waals surface area contributed by atoms with Crippen LogP contribution in [0.5, 0.6) is 5.75 Å². The average Bonchev–Trinajstić information content (AvgIpc) is 2.07. The summed E-state index contributed by atoms with van der Waals surface area (Å²) in [6.07, 6.45) is -1.11. The fourth-order valence-corrected chi connectivity index (χ4v) is 0.769. The predicted molar refractivity (Wildman–Crippen MR) is 44.0 cm³/mol. The average molecular weight is 362 g/mol. The van der Waals surface area contributed by atoms with Crippen molar-refractivity contribution in [3.8, 4) is 5.75 Å². The van der Waals surface area contributed by atoms with Crippen molar-refractivity contribution < 1.29 is 131 Å². The second-order valence-electron chi connectivity index (χ2n) is 1.95. The van der Waals surface area contributed by atoms with Gasteiger partial charge < -0.3 is 19.7 Å². The van der Waals surface area contributed by atoms with Gasteiger partial charge >= 0.3 is 109 Å². The normalized spacial score (nSPS) is 8.00. The molecule has 10 heteroatoms. The number of carboxylic acid groups (broad SMARTS) is 2. The Kier molecular flexibility index (Phi) is 20.0. The van der Waals surface area contributed by atoms with E-state index in [0.29, 0.717) is 4.60 Å². The minimum atomic E-state index is -2.79. The Labute approximate surface area is 189 Å². The first-order valence-corrected chi connectivity index (χ1v) is 4.15. The Balaban J connectivity index is -0.000000289. The molecule has 17 heavy (non-hydrogen) atoms. The molecule has 0 bridgehead atoms. The summed E-state index contributed by atoms with van der Waals surface area (Å²) in [5.74, 6) is 0.0585. The van der Waals surface area contributed by atoms with Crippen molar-refractivity contribution >= 4 is 22.1 Å². The van der Waals surface area contributed by atoms with Gasteiger partial charge in [-0.25, -0.2) is 4.98 Å². The quantitative estimate of drug-likeness (QED) is 0.386. The zero-order valence-electron chi connectivity index (χ0n) is 9.02. The molecule has 1 aromatic heterocycles. The van der Waals surface area contributed by atoms with Crippen LogP contribution >= 0.6 is 15.9 Å². The maximum Gasteiger partial charge on any atom is 1.00 e. The van der Waals surface area contributed by atoms with Gasteiger partial charge in [0.25, 0.3) is 0 Å². The molecule has 0 saturated heterocycles. The molecular formula is C7H4BrF2K2NO4. The van der Waals surface area contributed by atoms with Crippen LogP contribution in [-0.4, -0.2) is 17.8 Å². The van der Waals surface area contributed by atoms with Crippen molar-refractivity contribution in [3.63, 3.8) is 0 Å². The van der Waals surface area contributed by atoms with Gasteiger partial charge in [0.05, 0.1) is 6.20 Å². The van der Waals surface area contributed by atoms with Gasteiger partial charge in [0.15, 0.2) is 0 Å². The summed E-state index contributed by atoms with van der Waals surface area (Å²) in [7, 11) is 0. The maximum absolute atomic E-state index is 11.6. The van der Waals surface area contributed by atoms with Crippen molar-refractivity contribution in [3.05, 3.63) is 22.9 Å². The Morgan fingerprint density at radius 3 is 2.12 bits per heavy atom. The van der Waals surface area contributed by atoms with Crippen LogP contribution in [0.1, 0.15) is 0 Å². The van der Waals surface area contributed by atoms with E-state index < -0.39 is 12.8 Å². The van der Waals surface area contributed by atoms with E-state index in [2.05, 4.69) is 25.7 Å². The molecule has 0 atom stereocenters. The van der Waals surface area contributed by atoms with E-state index in [4.69, 9.17) is 15.0 Å². The molecule has 0 aliphatic heterocycles. The topological polar surface area (TPSA) is 85.3 Å². The molecule has 1 rings (SSSR count). The Bertz CT molecular complexity index is 311. The summed E-state index contributed by atoms with van der Waals surface area (Å²) in [4.78, 5) is 12.0. The molecule has 0 aromatic carbocycles. The number of carbonyl (C=O) groups is 1. The van der Waals surface area contributed by atoms with Crippen molar-refractivity contribution in [2.45, 2.75) is 6.61 Å². The molecule has 0 radical (unpaired) electrons. The summed E-state index contributed by atoms with van der Waals surface area (Å²) >= 11 is 3.06. The minimum Gasteiger partial charge on any atom is -0.652 e. The number of nitrogens with zero attached hydrogens (tertiary/aromatic N) is 1. The summed E-state index contributed by atoms with van der Waals surface area (Å²) < 4.78 is 27.8. The number of carbonyl (C=O) groups excluding carboxylic acids is 1. The van der Waals surface area contributed by atoms with Crippen molar-refractivity contribution in [2.24, 2.45) is 0 Å². The number of halogens is 3. The molecule has 1 heterocycles. The standard InChI is InChI=1S/C6H4BrF2NO.CH2O3.2K/c7-5-2-1-4(3-10-5)11-6(8)9;2-1(3)4;;/h1-3,6H;(H2,2,3,4);;/q;;2*+1/p-2. The monoisotopic (exact) mass is 361 g/mol. The van der Waals surface area contributed by atoms with Crippen LogP contribution in [0, 0.1) is 0 Å².